The van der Waals surface area contributed by atoms with Crippen LogP contribution in [0.2, 0.25) is 0 Å². The lowest BCUT2D eigenvalue weighted by Crippen LogP contribution is -2.38. The number of aryl methyl sites for hydroxylation is 3. The van der Waals surface area contributed by atoms with Crippen molar-refractivity contribution in [1.29, 1.82) is 0 Å². The highest BCUT2D eigenvalue weighted by Crippen LogP contribution is 2.32. The second-order valence-electron chi connectivity index (χ2n) is 7.79. The highest BCUT2D eigenvalue weighted by Gasteiger charge is 2.28. The Bertz CT molecular complexity index is 1230. The van der Waals surface area contributed by atoms with Crippen LogP contribution in [0.5, 0.6) is 11.5 Å². The van der Waals surface area contributed by atoms with Gasteiger partial charge in [-0.3, -0.25) is 9.10 Å². The molecular formula is C25H28N2O5S. The maximum Gasteiger partial charge on any atom is 0.264 e. The summed E-state index contributed by atoms with van der Waals surface area (Å²) in [5.74, 6) is 0.234. The zero-order chi connectivity index (χ0) is 24.2. The average molecular weight is 469 g/mol. The SMILES string of the molecule is COc1ccc(S(=O)(=O)N(CC(=O)Nc2cc(C)cc(C)c2)c2ccc(C)cc2)cc1OC. The van der Waals surface area contributed by atoms with Crippen molar-refractivity contribution in [3.8, 4) is 11.5 Å². The van der Waals surface area contributed by atoms with E-state index >= 15 is 0 Å². The number of methoxy groups -OCH3 is 2. The second kappa shape index (κ2) is 9.95. The number of benzene rings is 3. The lowest BCUT2D eigenvalue weighted by atomic mass is 10.1. The first-order valence-electron chi connectivity index (χ1n) is 10.3. The van der Waals surface area contributed by atoms with Crippen LogP contribution in [0.4, 0.5) is 11.4 Å². The minimum atomic E-state index is -4.09. The summed E-state index contributed by atoms with van der Waals surface area (Å²) < 4.78 is 38.8. The number of nitrogens with zero attached hydrogens (tertiary/aromatic N) is 1. The van der Waals surface area contributed by atoms with Crippen LogP contribution < -0.4 is 19.1 Å². The van der Waals surface area contributed by atoms with E-state index in [2.05, 4.69) is 5.32 Å². The molecule has 0 aromatic heterocycles. The van der Waals surface area contributed by atoms with Gasteiger partial charge in [0, 0.05) is 11.8 Å². The van der Waals surface area contributed by atoms with Crippen molar-refractivity contribution in [2.75, 3.05) is 30.4 Å². The van der Waals surface area contributed by atoms with E-state index in [9.17, 15) is 13.2 Å². The maximum atomic E-state index is 13.6. The number of rotatable bonds is 8. The molecule has 0 spiro atoms. The maximum absolute atomic E-state index is 13.6. The fourth-order valence-corrected chi connectivity index (χ4v) is 4.95. The number of carbonyl (C=O) groups excluding carboxylic acids is 1. The van der Waals surface area contributed by atoms with E-state index < -0.39 is 22.5 Å². The van der Waals surface area contributed by atoms with Gasteiger partial charge in [-0.15, -0.1) is 0 Å². The zero-order valence-electron chi connectivity index (χ0n) is 19.4. The van der Waals surface area contributed by atoms with Crippen LogP contribution in [0.15, 0.2) is 65.6 Å². The van der Waals surface area contributed by atoms with Crippen molar-refractivity contribution >= 4 is 27.3 Å². The van der Waals surface area contributed by atoms with Crippen molar-refractivity contribution in [2.45, 2.75) is 25.7 Å². The predicted molar refractivity (Wildman–Crippen MR) is 130 cm³/mol. The van der Waals surface area contributed by atoms with Crippen LogP contribution in [-0.4, -0.2) is 35.1 Å². The predicted octanol–water partition coefficient (Wildman–Crippen LogP) is 4.46. The number of sulfonamides is 1. The minimum absolute atomic E-state index is 0.0140. The Kier molecular flexibility index (Phi) is 7.28. The van der Waals surface area contributed by atoms with Crippen molar-refractivity contribution in [1.82, 2.24) is 0 Å². The van der Waals surface area contributed by atoms with Gasteiger partial charge in [0.15, 0.2) is 11.5 Å². The molecule has 3 aromatic rings. The van der Waals surface area contributed by atoms with Crippen LogP contribution in [0, 0.1) is 20.8 Å². The van der Waals surface area contributed by atoms with E-state index in [4.69, 9.17) is 9.47 Å². The Hall–Kier alpha value is -3.52. The van der Waals surface area contributed by atoms with Gasteiger partial charge in [0.1, 0.15) is 6.54 Å². The monoisotopic (exact) mass is 468 g/mol. The van der Waals surface area contributed by atoms with Crippen LogP contribution >= 0.6 is 0 Å². The van der Waals surface area contributed by atoms with Gasteiger partial charge < -0.3 is 14.8 Å². The van der Waals surface area contributed by atoms with Gasteiger partial charge in [0.25, 0.3) is 10.0 Å². The van der Waals surface area contributed by atoms with Crippen LogP contribution in [0.1, 0.15) is 16.7 Å². The molecule has 1 N–H and O–H groups in total. The van der Waals surface area contributed by atoms with E-state index in [1.807, 2.05) is 39.0 Å². The van der Waals surface area contributed by atoms with Gasteiger partial charge in [-0.25, -0.2) is 8.42 Å². The van der Waals surface area contributed by atoms with Gasteiger partial charge in [-0.2, -0.15) is 0 Å². The molecule has 7 nitrogen and oxygen atoms in total. The standard InChI is InChI=1S/C25H28N2O5S/c1-17-6-8-21(9-7-17)27(16-25(28)26-20-13-18(2)12-19(3)14-20)33(29,30)22-10-11-23(31-4)24(15-22)32-5/h6-15H,16H2,1-5H3,(H,26,28). The molecule has 3 aromatic carbocycles. The number of carbonyl (C=O) groups is 1. The second-order valence-corrected chi connectivity index (χ2v) is 9.65. The molecule has 8 heteroatoms. The third-order valence-electron chi connectivity index (χ3n) is 5.06. The molecule has 0 heterocycles. The molecule has 0 bridgehead atoms. The summed E-state index contributed by atoms with van der Waals surface area (Å²) in [5, 5.41) is 2.81. The van der Waals surface area contributed by atoms with Gasteiger partial charge in [0.2, 0.25) is 5.91 Å². The first kappa shape index (κ1) is 24.1. The number of amides is 1. The third-order valence-corrected chi connectivity index (χ3v) is 6.83. The van der Waals surface area contributed by atoms with Gasteiger partial charge in [-0.1, -0.05) is 23.8 Å². The molecule has 0 atom stereocenters. The highest BCUT2D eigenvalue weighted by atomic mass is 32.2. The molecule has 0 saturated carbocycles. The summed E-state index contributed by atoms with van der Waals surface area (Å²) in [7, 11) is -1.18. The summed E-state index contributed by atoms with van der Waals surface area (Å²) in [4.78, 5) is 12.9. The molecule has 174 valence electrons. The van der Waals surface area contributed by atoms with Gasteiger partial charge >= 0.3 is 0 Å². The molecule has 33 heavy (non-hydrogen) atoms. The van der Waals surface area contributed by atoms with Crippen LogP contribution in [0.3, 0.4) is 0 Å². The molecule has 0 aliphatic heterocycles. The third kappa shape index (κ3) is 5.64. The molecule has 0 saturated heterocycles. The topological polar surface area (TPSA) is 84.9 Å². The summed E-state index contributed by atoms with van der Waals surface area (Å²) in [6, 6.07) is 17.0. The normalized spacial score (nSPS) is 11.1. The molecule has 0 radical (unpaired) electrons. The first-order chi connectivity index (χ1) is 15.6. The highest BCUT2D eigenvalue weighted by molar-refractivity contribution is 7.92. The summed E-state index contributed by atoms with van der Waals surface area (Å²) in [6.45, 7) is 5.38. The molecule has 0 aliphatic rings. The van der Waals surface area contributed by atoms with Crippen molar-refractivity contribution in [3.05, 3.63) is 77.4 Å². The smallest absolute Gasteiger partial charge is 0.264 e. The summed E-state index contributed by atoms with van der Waals surface area (Å²) >= 11 is 0. The molecule has 0 aliphatic carbocycles. The Morgan fingerprint density at radius 1 is 0.818 bits per heavy atom. The van der Waals surface area contributed by atoms with Crippen LogP contribution in [0.25, 0.3) is 0 Å². The fourth-order valence-electron chi connectivity index (χ4n) is 3.51. The number of hydrogen-bond donors (Lipinski definition) is 1. The Labute approximate surface area is 195 Å². The van der Waals surface area contributed by atoms with Crippen LogP contribution in [-0.2, 0) is 14.8 Å². The summed E-state index contributed by atoms with van der Waals surface area (Å²) in [6.07, 6.45) is 0. The Morgan fingerprint density at radius 3 is 2.00 bits per heavy atom. The largest absolute Gasteiger partial charge is 0.493 e. The summed E-state index contributed by atoms with van der Waals surface area (Å²) in [5.41, 5.74) is 3.97. The van der Waals surface area contributed by atoms with E-state index in [-0.39, 0.29) is 10.6 Å². The van der Waals surface area contributed by atoms with E-state index in [0.717, 1.165) is 21.0 Å². The van der Waals surface area contributed by atoms with Gasteiger partial charge in [0.05, 0.1) is 24.8 Å². The van der Waals surface area contributed by atoms with Crippen molar-refractivity contribution in [3.63, 3.8) is 0 Å². The Morgan fingerprint density at radius 2 is 1.42 bits per heavy atom. The molecule has 1 amide bonds. The minimum Gasteiger partial charge on any atom is -0.493 e. The quantitative estimate of drug-likeness (QED) is 0.528. The number of anilines is 2. The molecular weight excluding hydrogens is 440 g/mol. The zero-order valence-corrected chi connectivity index (χ0v) is 20.2. The average Bonchev–Trinajstić information content (AvgIpc) is 2.76. The molecule has 0 unspecified atom stereocenters. The van der Waals surface area contributed by atoms with E-state index in [1.54, 1.807) is 24.3 Å². The number of hydrogen-bond acceptors (Lipinski definition) is 5. The number of nitrogens with one attached hydrogen (secondary N) is 1. The van der Waals surface area contributed by atoms with Crippen molar-refractivity contribution < 1.29 is 22.7 Å². The molecule has 0 fully saturated rings. The van der Waals surface area contributed by atoms with E-state index in [1.165, 1.54) is 32.4 Å². The fraction of sp³-hybridized carbons (Fsp3) is 0.240. The Balaban J connectivity index is 1.99. The molecule has 3 rings (SSSR count). The lowest BCUT2D eigenvalue weighted by molar-refractivity contribution is -0.114. The van der Waals surface area contributed by atoms with Gasteiger partial charge in [-0.05, 0) is 68.3 Å². The van der Waals surface area contributed by atoms with Crippen molar-refractivity contribution in [2.24, 2.45) is 0 Å². The van der Waals surface area contributed by atoms with E-state index in [0.29, 0.717) is 17.1 Å². The first-order valence-corrected chi connectivity index (χ1v) is 11.8. The lowest BCUT2D eigenvalue weighted by Gasteiger charge is -2.24. The number of ether oxygens (including phenoxy) is 2.